The highest BCUT2D eigenvalue weighted by Crippen LogP contribution is 2.48. The van der Waals surface area contributed by atoms with Gasteiger partial charge in [0.25, 0.3) is 0 Å². The van der Waals surface area contributed by atoms with Crippen molar-refractivity contribution in [2.45, 2.75) is 69.7 Å². The number of piperazine rings is 1. The normalized spacial score (nSPS) is 23.2. The van der Waals surface area contributed by atoms with Crippen molar-refractivity contribution in [3.63, 3.8) is 0 Å². The largest absolute Gasteiger partial charge is 0.369 e. The fourth-order valence-corrected chi connectivity index (χ4v) is 8.27. The van der Waals surface area contributed by atoms with E-state index in [0.717, 1.165) is 56.7 Å². The fourth-order valence-electron chi connectivity index (χ4n) is 6.77. The molecule has 2 atom stereocenters. The Bertz CT molecular complexity index is 1360. The van der Waals surface area contributed by atoms with E-state index < -0.39 is 5.25 Å². The van der Waals surface area contributed by atoms with E-state index in [1.54, 1.807) is 11.8 Å². The summed E-state index contributed by atoms with van der Waals surface area (Å²) in [4.78, 5) is 48.7. The maximum Gasteiger partial charge on any atom is 0.322 e. The van der Waals surface area contributed by atoms with E-state index >= 15 is 0 Å². The van der Waals surface area contributed by atoms with Crippen molar-refractivity contribution in [3.05, 3.63) is 59.7 Å². The summed E-state index contributed by atoms with van der Waals surface area (Å²) in [5.41, 5.74) is 4.45. The first-order valence-electron chi connectivity index (χ1n) is 16.1. The topological polar surface area (TPSA) is 88.2 Å². The maximum absolute atomic E-state index is 14.0. The molecule has 44 heavy (non-hydrogen) atoms. The predicted molar refractivity (Wildman–Crippen MR) is 177 cm³/mol. The van der Waals surface area contributed by atoms with E-state index in [0.29, 0.717) is 26.2 Å². The number of benzene rings is 2. The summed E-state index contributed by atoms with van der Waals surface area (Å²) in [5, 5.41) is 5.94. The third-order valence-corrected chi connectivity index (χ3v) is 10.8. The molecule has 0 saturated carbocycles. The molecule has 0 aromatic heterocycles. The lowest BCUT2D eigenvalue weighted by Crippen LogP contribution is -2.51. The zero-order chi connectivity index (χ0) is 30.8. The van der Waals surface area contributed by atoms with Crippen LogP contribution in [0, 0.1) is 5.41 Å². The number of anilines is 2. The number of hydrogen-bond acceptors (Lipinski definition) is 6. The summed E-state index contributed by atoms with van der Waals surface area (Å²) >= 11 is 1.64. The Morgan fingerprint density at radius 3 is 2.41 bits per heavy atom. The minimum absolute atomic E-state index is 0.0366. The van der Waals surface area contributed by atoms with Gasteiger partial charge in [0.05, 0.1) is 5.25 Å². The van der Waals surface area contributed by atoms with Crippen LogP contribution >= 0.6 is 11.8 Å². The number of urea groups is 1. The molecule has 4 aliphatic heterocycles. The number of likely N-dealkylation sites (tertiary alicyclic amines) is 1. The van der Waals surface area contributed by atoms with Crippen molar-refractivity contribution >= 4 is 41.0 Å². The highest BCUT2D eigenvalue weighted by molar-refractivity contribution is 8.01. The molecular formula is C34H46N6O3S. The van der Waals surface area contributed by atoms with Gasteiger partial charge in [-0.25, -0.2) is 4.79 Å². The standard InChI is InChI=1S/C34H46N6O3S/c1-34(2,3)14-19-39-31(42)29(44-32(39)26-9-5-7-11-28(26)37-20-15-35-16-21-37)22-30(41)38-17-12-25(13-18-38)40-23-24-8-4-6-10-27(24)36-33(40)43/h4-11,25,29,32,35H,12-23H2,1-3H3,(H,36,43). The van der Waals surface area contributed by atoms with Gasteiger partial charge in [-0.3, -0.25) is 9.59 Å². The molecule has 10 heteroatoms. The van der Waals surface area contributed by atoms with Crippen LogP contribution in [0.15, 0.2) is 48.5 Å². The van der Waals surface area contributed by atoms with Gasteiger partial charge in [-0.15, -0.1) is 11.8 Å². The van der Waals surface area contributed by atoms with Gasteiger partial charge < -0.3 is 30.2 Å². The molecule has 6 rings (SSSR count). The first kappa shape index (κ1) is 30.8. The SMILES string of the molecule is CC(C)(C)CCN1C(=O)C(CC(=O)N2CCC(N3Cc4ccccc4NC3=O)CC2)SC1c1ccccc1N1CCNCC1. The number of para-hydroxylation sites is 2. The molecule has 0 spiro atoms. The molecule has 2 aromatic rings. The third-order valence-electron chi connectivity index (χ3n) is 9.38. The van der Waals surface area contributed by atoms with Crippen molar-refractivity contribution in [3.8, 4) is 0 Å². The van der Waals surface area contributed by atoms with Gasteiger partial charge >= 0.3 is 6.03 Å². The highest BCUT2D eigenvalue weighted by atomic mass is 32.2. The van der Waals surface area contributed by atoms with Crippen molar-refractivity contribution < 1.29 is 14.4 Å². The number of nitrogens with one attached hydrogen (secondary N) is 2. The molecule has 2 N–H and O–H groups in total. The summed E-state index contributed by atoms with van der Waals surface area (Å²) in [5.74, 6) is 0.112. The zero-order valence-corrected chi connectivity index (χ0v) is 27.1. The van der Waals surface area contributed by atoms with Crippen LogP contribution in [0.3, 0.4) is 0 Å². The molecule has 0 radical (unpaired) electrons. The lowest BCUT2D eigenvalue weighted by Gasteiger charge is -2.40. The lowest BCUT2D eigenvalue weighted by atomic mass is 9.92. The van der Waals surface area contributed by atoms with Gasteiger partial charge in [0, 0.05) is 81.8 Å². The van der Waals surface area contributed by atoms with Crippen molar-refractivity contribution in [2.75, 3.05) is 56.0 Å². The molecular weight excluding hydrogens is 572 g/mol. The second-order valence-corrected chi connectivity index (χ2v) is 14.9. The Hall–Kier alpha value is -3.24. The van der Waals surface area contributed by atoms with E-state index in [2.05, 4.69) is 66.6 Å². The number of piperidine rings is 1. The van der Waals surface area contributed by atoms with Crippen LogP contribution < -0.4 is 15.5 Å². The Morgan fingerprint density at radius 2 is 1.66 bits per heavy atom. The zero-order valence-electron chi connectivity index (χ0n) is 26.3. The van der Waals surface area contributed by atoms with Gasteiger partial charge in [0.1, 0.15) is 5.37 Å². The summed E-state index contributed by atoms with van der Waals surface area (Å²) in [6.45, 7) is 12.9. The van der Waals surface area contributed by atoms with Crippen LogP contribution in [0.2, 0.25) is 0 Å². The van der Waals surface area contributed by atoms with E-state index in [-0.39, 0.29) is 41.1 Å². The molecule has 3 saturated heterocycles. The van der Waals surface area contributed by atoms with Crippen molar-refractivity contribution in [1.29, 1.82) is 0 Å². The quantitative estimate of drug-likeness (QED) is 0.459. The molecule has 4 heterocycles. The Morgan fingerprint density at radius 1 is 0.955 bits per heavy atom. The number of nitrogens with zero attached hydrogens (tertiary/aromatic N) is 4. The molecule has 4 amide bonds. The monoisotopic (exact) mass is 618 g/mol. The summed E-state index contributed by atoms with van der Waals surface area (Å²) in [6.07, 6.45) is 2.59. The van der Waals surface area contributed by atoms with Crippen LogP contribution in [0.25, 0.3) is 0 Å². The van der Waals surface area contributed by atoms with E-state index in [1.165, 1.54) is 11.3 Å². The summed E-state index contributed by atoms with van der Waals surface area (Å²) < 4.78 is 0. The van der Waals surface area contributed by atoms with Crippen LogP contribution in [-0.4, -0.2) is 89.7 Å². The minimum atomic E-state index is -0.398. The molecule has 2 unspecified atom stereocenters. The smallest absolute Gasteiger partial charge is 0.322 e. The van der Waals surface area contributed by atoms with Crippen LogP contribution in [0.4, 0.5) is 16.2 Å². The first-order chi connectivity index (χ1) is 21.2. The van der Waals surface area contributed by atoms with E-state index in [1.807, 2.05) is 32.9 Å². The predicted octanol–water partition coefficient (Wildman–Crippen LogP) is 4.90. The van der Waals surface area contributed by atoms with Crippen molar-refractivity contribution in [2.24, 2.45) is 5.41 Å². The first-order valence-corrected chi connectivity index (χ1v) is 17.1. The van der Waals surface area contributed by atoms with E-state index in [4.69, 9.17) is 0 Å². The highest BCUT2D eigenvalue weighted by Gasteiger charge is 2.44. The Labute approximate surface area is 265 Å². The molecule has 236 valence electrons. The summed E-state index contributed by atoms with van der Waals surface area (Å²) in [7, 11) is 0. The lowest BCUT2D eigenvalue weighted by molar-refractivity contribution is -0.137. The van der Waals surface area contributed by atoms with Crippen molar-refractivity contribution in [1.82, 2.24) is 20.0 Å². The Balaban J connectivity index is 1.12. The minimum Gasteiger partial charge on any atom is -0.369 e. The van der Waals surface area contributed by atoms with Crippen LogP contribution in [0.1, 0.15) is 63.0 Å². The molecule has 3 fully saturated rings. The average Bonchev–Trinajstić information content (AvgIpc) is 3.34. The van der Waals surface area contributed by atoms with Crippen LogP contribution in [0.5, 0.6) is 0 Å². The van der Waals surface area contributed by atoms with Crippen LogP contribution in [-0.2, 0) is 16.1 Å². The summed E-state index contributed by atoms with van der Waals surface area (Å²) in [6, 6.07) is 16.4. The number of fused-ring (bicyclic) bond motifs is 1. The van der Waals surface area contributed by atoms with E-state index in [9.17, 15) is 14.4 Å². The van der Waals surface area contributed by atoms with Gasteiger partial charge in [0.15, 0.2) is 0 Å². The molecule has 0 bridgehead atoms. The second kappa shape index (κ2) is 13.0. The number of carbonyl (C=O) groups excluding carboxylic acids is 3. The maximum atomic E-state index is 14.0. The number of hydrogen-bond donors (Lipinski definition) is 2. The van der Waals surface area contributed by atoms with Gasteiger partial charge in [0.2, 0.25) is 11.8 Å². The van der Waals surface area contributed by atoms with Gasteiger partial charge in [-0.1, -0.05) is 57.2 Å². The fraction of sp³-hybridized carbons (Fsp3) is 0.559. The number of thioether (sulfide) groups is 1. The molecule has 2 aromatic carbocycles. The molecule has 9 nitrogen and oxygen atoms in total. The second-order valence-electron chi connectivity index (χ2n) is 13.6. The average molecular weight is 619 g/mol. The molecule has 4 aliphatic rings. The molecule has 0 aliphatic carbocycles. The van der Waals surface area contributed by atoms with Gasteiger partial charge in [-0.2, -0.15) is 0 Å². The number of amides is 4. The number of carbonyl (C=O) groups is 3. The third kappa shape index (κ3) is 6.71. The Kier molecular flexibility index (Phi) is 9.10. The van der Waals surface area contributed by atoms with Gasteiger partial charge in [-0.05, 0) is 42.4 Å². The number of rotatable bonds is 7.